The van der Waals surface area contributed by atoms with Crippen molar-refractivity contribution in [2.24, 2.45) is 0 Å². The Morgan fingerprint density at radius 1 is 1.30 bits per heavy atom. The number of nitrogens with zero attached hydrogens (tertiary/aromatic N) is 2. The molecule has 1 amide bonds. The third kappa shape index (κ3) is 4.42. The van der Waals surface area contributed by atoms with Crippen LogP contribution in [0.3, 0.4) is 0 Å². The van der Waals surface area contributed by atoms with E-state index in [1.807, 2.05) is 63.2 Å². The largest absolute Gasteiger partial charge is 0.492 e. The van der Waals surface area contributed by atoms with Gasteiger partial charge in [0.25, 0.3) is 0 Å². The molecule has 3 rings (SSSR count). The highest BCUT2D eigenvalue weighted by Crippen LogP contribution is 2.23. The first-order valence-electron chi connectivity index (χ1n) is 9.13. The number of nitrogens with one attached hydrogen (secondary N) is 1. The molecule has 1 N–H and O–H groups in total. The second kappa shape index (κ2) is 8.44. The summed E-state index contributed by atoms with van der Waals surface area (Å²) in [5, 5.41) is 3.72. The maximum absolute atomic E-state index is 11.8. The van der Waals surface area contributed by atoms with Crippen LogP contribution in [-0.4, -0.2) is 22.1 Å². The Labute approximate surface area is 164 Å². The van der Waals surface area contributed by atoms with Crippen molar-refractivity contribution in [3.63, 3.8) is 0 Å². The van der Waals surface area contributed by atoms with Gasteiger partial charge in [0.05, 0.1) is 23.6 Å². The zero-order valence-corrected chi connectivity index (χ0v) is 16.6. The van der Waals surface area contributed by atoms with E-state index >= 15 is 0 Å². The monoisotopic (exact) mass is 385 g/mol. The summed E-state index contributed by atoms with van der Waals surface area (Å²) in [5.41, 5.74) is 2.92. The van der Waals surface area contributed by atoms with Gasteiger partial charge in [0.1, 0.15) is 18.2 Å². The molecule has 0 aliphatic heterocycles. The summed E-state index contributed by atoms with van der Waals surface area (Å²) < 4.78 is 8.02. The number of carbonyl (C=O) groups is 1. The molecule has 6 heteroatoms. The van der Waals surface area contributed by atoms with Crippen LogP contribution in [0.15, 0.2) is 42.5 Å². The van der Waals surface area contributed by atoms with Crippen LogP contribution in [0.1, 0.15) is 37.7 Å². The zero-order valence-electron chi connectivity index (χ0n) is 15.8. The molecule has 1 unspecified atom stereocenters. The van der Waals surface area contributed by atoms with E-state index in [9.17, 15) is 4.79 Å². The number of aryl methyl sites for hydroxylation is 1. The maximum Gasteiger partial charge on any atom is 0.220 e. The number of fused-ring (bicyclic) bond motifs is 1. The van der Waals surface area contributed by atoms with Crippen molar-refractivity contribution in [2.45, 2.75) is 39.8 Å². The molecule has 5 nitrogen and oxygen atoms in total. The number of hydrogen-bond donors (Lipinski definition) is 1. The van der Waals surface area contributed by atoms with Crippen LogP contribution in [0.4, 0.5) is 0 Å². The third-order valence-corrected chi connectivity index (χ3v) is 4.91. The highest BCUT2D eigenvalue weighted by Gasteiger charge is 2.17. The van der Waals surface area contributed by atoms with Crippen molar-refractivity contribution in [3.05, 3.63) is 58.9 Å². The van der Waals surface area contributed by atoms with Crippen LogP contribution in [0, 0.1) is 6.92 Å². The van der Waals surface area contributed by atoms with Gasteiger partial charge in [-0.2, -0.15) is 0 Å². The van der Waals surface area contributed by atoms with E-state index in [2.05, 4.69) is 9.88 Å². The predicted molar refractivity (Wildman–Crippen MR) is 108 cm³/mol. The summed E-state index contributed by atoms with van der Waals surface area (Å²) in [5.74, 6) is 1.62. The van der Waals surface area contributed by atoms with Gasteiger partial charge in [-0.1, -0.05) is 30.7 Å². The van der Waals surface area contributed by atoms with E-state index in [1.165, 1.54) is 0 Å². The lowest BCUT2D eigenvalue weighted by Crippen LogP contribution is -2.28. The number of benzene rings is 2. The molecule has 0 bridgehead atoms. The lowest BCUT2D eigenvalue weighted by atomic mass is 10.2. The lowest BCUT2D eigenvalue weighted by Gasteiger charge is -2.16. The van der Waals surface area contributed by atoms with Crippen molar-refractivity contribution < 1.29 is 9.53 Å². The third-order valence-electron chi connectivity index (χ3n) is 4.48. The number of para-hydroxylation sites is 2. The molecule has 1 aromatic heterocycles. The molecule has 0 fully saturated rings. The number of amides is 1. The number of imidazole rings is 1. The number of aromatic nitrogens is 2. The highest BCUT2D eigenvalue weighted by atomic mass is 35.5. The Kier molecular flexibility index (Phi) is 6.01. The molecule has 0 saturated carbocycles. The lowest BCUT2D eigenvalue weighted by molar-refractivity contribution is -0.121. The molecule has 2 aromatic carbocycles. The SMILES string of the molecule is CCC(=O)NC(C)c1nc2ccccc2n1CCOc1ccc(Cl)c(C)c1. The van der Waals surface area contributed by atoms with Crippen LogP contribution in [0.2, 0.25) is 5.02 Å². The fraction of sp³-hybridized carbons (Fsp3) is 0.333. The fourth-order valence-electron chi connectivity index (χ4n) is 3.03. The summed E-state index contributed by atoms with van der Waals surface area (Å²) in [6.07, 6.45) is 0.448. The average molecular weight is 386 g/mol. The standard InChI is InChI=1S/C21H24ClN3O2/c1-4-20(26)23-15(3)21-24-18-7-5-6-8-19(18)25(21)11-12-27-16-9-10-17(22)14(2)13-16/h5-10,13,15H,4,11-12H2,1-3H3,(H,23,26). The molecule has 27 heavy (non-hydrogen) atoms. The van der Waals surface area contributed by atoms with Crippen molar-refractivity contribution in [1.82, 2.24) is 14.9 Å². The van der Waals surface area contributed by atoms with Crippen LogP contribution in [0.25, 0.3) is 11.0 Å². The van der Waals surface area contributed by atoms with Crippen LogP contribution >= 0.6 is 11.6 Å². The normalized spacial score (nSPS) is 12.1. The second-order valence-electron chi connectivity index (χ2n) is 6.51. The van der Waals surface area contributed by atoms with Crippen LogP contribution < -0.4 is 10.1 Å². The van der Waals surface area contributed by atoms with Gasteiger partial charge in [0.2, 0.25) is 5.91 Å². The topological polar surface area (TPSA) is 56.2 Å². The van der Waals surface area contributed by atoms with Gasteiger partial charge in [-0.25, -0.2) is 4.98 Å². The number of ether oxygens (including phenoxy) is 1. The minimum absolute atomic E-state index is 0.00833. The molecule has 3 aromatic rings. The summed E-state index contributed by atoms with van der Waals surface area (Å²) in [7, 11) is 0. The van der Waals surface area contributed by atoms with Gasteiger partial charge in [0.15, 0.2) is 0 Å². The van der Waals surface area contributed by atoms with Crippen molar-refractivity contribution in [1.29, 1.82) is 0 Å². The Bertz CT molecular complexity index is 952. The van der Waals surface area contributed by atoms with Gasteiger partial charge in [0, 0.05) is 11.4 Å². The number of rotatable bonds is 7. The van der Waals surface area contributed by atoms with Crippen molar-refractivity contribution >= 4 is 28.5 Å². The van der Waals surface area contributed by atoms with E-state index < -0.39 is 0 Å². The molecular formula is C21H24ClN3O2. The smallest absolute Gasteiger partial charge is 0.220 e. The van der Waals surface area contributed by atoms with Gasteiger partial charge in [-0.15, -0.1) is 0 Å². The minimum Gasteiger partial charge on any atom is -0.492 e. The molecule has 142 valence electrons. The molecule has 1 heterocycles. The van der Waals surface area contributed by atoms with E-state index in [0.29, 0.717) is 19.6 Å². The van der Waals surface area contributed by atoms with Gasteiger partial charge in [-0.05, 0) is 49.7 Å². The van der Waals surface area contributed by atoms with Gasteiger partial charge in [-0.3, -0.25) is 4.79 Å². The summed E-state index contributed by atoms with van der Waals surface area (Å²) >= 11 is 6.07. The molecule has 0 radical (unpaired) electrons. The first kappa shape index (κ1) is 19.2. The summed E-state index contributed by atoms with van der Waals surface area (Å²) in [4.78, 5) is 16.5. The fourth-order valence-corrected chi connectivity index (χ4v) is 3.15. The van der Waals surface area contributed by atoms with Crippen LogP contribution in [-0.2, 0) is 11.3 Å². The van der Waals surface area contributed by atoms with Crippen LogP contribution in [0.5, 0.6) is 5.75 Å². The minimum atomic E-state index is -0.178. The second-order valence-corrected chi connectivity index (χ2v) is 6.92. The Hall–Kier alpha value is -2.53. The van der Waals surface area contributed by atoms with E-state index in [1.54, 1.807) is 0 Å². The van der Waals surface area contributed by atoms with Crippen molar-refractivity contribution in [2.75, 3.05) is 6.61 Å². The molecule has 0 saturated heterocycles. The van der Waals surface area contributed by atoms with Gasteiger partial charge < -0.3 is 14.6 Å². The first-order chi connectivity index (χ1) is 13.0. The van der Waals surface area contributed by atoms with Crippen molar-refractivity contribution in [3.8, 4) is 5.75 Å². The molecule has 0 aliphatic rings. The molecule has 1 atom stereocenters. The highest BCUT2D eigenvalue weighted by molar-refractivity contribution is 6.31. The quantitative estimate of drug-likeness (QED) is 0.643. The molecule has 0 spiro atoms. The van der Waals surface area contributed by atoms with Gasteiger partial charge >= 0.3 is 0 Å². The predicted octanol–water partition coefficient (Wildman–Crippen LogP) is 4.66. The molecular weight excluding hydrogens is 362 g/mol. The Morgan fingerprint density at radius 2 is 2.07 bits per heavy atom. The van der Waals surface area contributed by atoms with E-state index in [4.69, 9.17) is 21.3 Å². The van der Waals surface area contributed by atoms with E-state index in [0.717, 1.165) is 33.2 Å². The molecule has 0 aliphatic carbocycles. The first-order valence-corrected chi connectivity index (χ1v) is 9.51. The maximum atomic E-state index is 11.8. The zero-order chi connectivity index (χ0) is 19.4. The Morgan fingerprint density at radius 3 is 2.81 bits per heavy atom. The summed E-state index contributed by atoms with van der Waals surface area (Å²) in [6.45, 7) is 6.86. The number of hydrogen-bond acceptors (Lipinski definition) is 3. The summed E-state index contributed by atoms with van der Waals surface area (Å²) in [6, 6.07) is 13.4. The number of carbonyl (C=O) groups excluding carboxylic acids is 1. The van der Waals surface area contributed by atoms with E-state index in [-0.39, 0.29) is 11.9 Å². The Balaban J connectivity index is 1.80. The average Bonchev–Trinajstić information content (AvgIpc) is 3.03. The number of halogens is 1.